The molecule has 2 aromatic rings. The summed E-state index contributed by atoms with van der Waals surface area (Å²) in [6.45, 7) is 7.20. The van der Waals surface area contributed by atoms with Crippen molar-refractivity contribution in [2.75, 3.05) is 38.2 Å². The Bertz CT molecular complexity index is 581. The van der Waals surface area contributed by atoms with Crippen LogP contribution in [-0.4, -0.2) is 48.2 Å². The average Bonchev–Trinajstić information content (AvgIpc) is 3.04. The molecule has 3 rings (SSSR count). The zero-order valence-corrected chi connectivity index (χ0v) is 13.9. The summed E-state index contributed by atoms with van der Waals surface area (Å²) in [5.74, 6) is 0. The van der Waals surface area contributed by atoms with Gasteiger partial charge in [0.25, 0.3) is 0 Å². The number of piperazine rings is 1. The lowest BCUT2D eigenvalue weighted by Crippen LogP contribution is -2.46. The predicted molar refractivity (Wildman–Crippen MR) is 89.3 cm³/mol. The summed E-state index contributed by atoms with van der Waals surface area (Å²) in [4.78, 5) is 13.6. The summed E-state index contributed by atoms with van der Waals surface area (Å²) in [5.41, 5.74) is 2.42. The molecule has 1 aliphatic rings. The monoisotopic (exact) mass is 318 g/mol. The standard InChI is InChI=1S/C16H22N4OS/c1-13(21-2)16-18-14(12-22-16)11-19-7-9-20(10-8-19)15-3-5-17-6-4-15/h3-6,12-13H,7-11H2,1-2H3/t13-/m1/s1. The maximum Gasteiger partial charge on any atom is 0.122 e. The van der Waals surface area contributed by atoms with Gasteiger partial charge in [0.05, 0.1) is 5.69 Å². The Kier molecular flexibility index (Phi) is 5.02. The van der Waals surface area contributed by atoms with Gasteiger partial charge in [-0.2, -0.15) is 0 Å². The van der Waals surface area contributed by atoms with Crippen LogP contribution < -0.4 is 4.90 Å². The molecule has 0 N–H and O–H groups in total. The van der Waals surface area contributed by atoms with Crippen molar-refractivity contribution in [3.05, 3.63) is 40.6 Å². The molecule has 0 amide bonds. The second-order valence-electron chi connectivity index (χ2n) is 5.52. The van der Waals surface area contributed by atoms with Gasteiger partial charge in [-0.3, -0.25) is 9.88 Å². The fourth-order valence-electron chi connectivity index (χ4n) is 2.63. The number of rotatable bonds is 5. The first-order chi connectivity index (χ1) is 10.8. The van der Waals surface area contributed by atoms with Gasteiger partial charge in [0.15, 0.2) is 0 Å². The Labute approximate surface area is 135 Å². The molecule has 1 atom stereocenters. The number of aromatic nitrogens is 2. The highest BCUT2D eigenvalue weighted by Gasteiger charge is 2.18. The molecule has 118 valence electrons. The van der Waals surface area contributed by atoms with Crippen LogP contribution in [0.3, 0.4) is 0 Å². The minimum absolute atomic E-state index is 0.0855. The van der Waals surface area contributed by atoms with Gasteiger partial charge in [0.1, 0.15) is 11.1 Å². The number of anilines is 1. The Hall–Kier alpha value is -1.50. The van der Waals surface area contributed by atoms with Crippen molar-refractivity contribution >= 4 is 17.0 Å². The largest absolute Gasteiger partial charge is 0.375 e. The number of hydrogen-bond acceptors (Lipinski definition) is 6. The van der Waals surface area contributed by atoms with E-state index in [-0.39, 0.29) is 6.10 Å². The van der Waals surface area contributed by atoms with Crippen LogP contribution in [-0.2, 0) is 11.3 Å². The van der Waals surface area contributed by atoms with E-state index in [0.717, 1.165) is 43.4 Å². The lowest BCUT2D eigenvalue weighted by Gasteiger charge is -2.35. The molecule has 0 bridgehead atoms. The summed E-state index contributed by atoms with van der Waals surface area (Å²) < 4.78 is 5.33. The van der Waals surface area contributed by atoms with Gasteiger partial charge in [0, 0.05) is 63.3 Å². The number of thiazole rings is 1. The number of hydrogen-bond donors (Lipinski definition) is 0. The number of pyridine rings is 1. The minimum Gasteiger partial charge on any atom is -0.375 e. The minimum atomic E-state index is 0.0855. The highest BCUT2D eigenvalue weighted by Crippen LogP contribution is 2.22. The van der Waals surface area contributed by atoms with Crippen LogP contribution in [0.15, 0.2) is 29.9 Å². The Morgan fingerprint density at radius 1 is 1.23 bits per heavy atom. The molecule has 3 heterocycles. The molecule has 5 nitrogen and oxygen atoms in total. The van der Waals surface area contributed by atoms with Gasteiger partial charge in [-0.05, 0) is 19.1 Å². The first-order valence-electron chi connectivity index (χ1n) is 7.60. The molecule has 0 radical (unpaired) electrons. The summed E-state index contributed by atoms with van der Waals surface area (Å²) in [7, 11) is 1.73. The van der Waals surface area contributed by atoms with Crippen LogP contribution >= 0.6 is 11.3 Å². The average molecular weight is 318 g/mol. The van der Waals surface area contributed by atoms with Crippen LogP contribution in [0.2, 0.25) is 0 Å². The van der Waals surface area contributed by atoms with Gasteiger partial charge < -0.3 is 9.64 Å². The predicted octanol–water partition coefficient (Wildman–Crippen LogP) is 2.57. The van der Waals surface area contributed by atoms with Gasteiger partial charge in [0.2, 0.25) is 0 Å². The summed E-state index contributed by atoms with van der Waals surface area (Å²) in [6, 6.07) is 4.16. The van der Waals surface area contributed by atoms with E-state index >= 15 is 0 Å². The molecule has 2 aromatic heterocycles. The van der Waals surface area contributed by atoms with Crippen LogP contribution in [0.1, 0.15) is 23.7 Å². The SMILES string of the molecule is CO[C@H](C)c1nc(CN2CCN(c3ccncc3)CC2)cs1. The molecule has 0 spiro atoms. The zero-order chi connectivity index (χ0) is 15.4. The third-order valence-corrected chi connectivity index (χ3v) is 5.11. The molecule has 1 saturated heterocycles. The first kappa shape index (κ1) is 15.4. The van der Waals surface area contributed by atoms with E-state index in [1.807, 2.05) is 19.3 Å². The van der Waals surface area contributed by atoms with E-state index < -0.39 is 0 Å². The van der Waals surface area contributed by atoms with E-state index in [2.05, 4.69) is 37.3 Å². The first-order valence-corrected chi connectivity index (χ1v) is 8.48. The van der Waals surface area contributed by atoms with Crippen molar-refractivity contribution in [2.45, 2.75) is 19.6 Å². The fourth-order valence-corrected chi connectivity index (χ4v) is 3.47. The normalized spacial score (nSPS) is 17.6. The molecule has 0 unspecified atom stereocenters. The lowest BCUT2D eigenvalue weighted by molar-refractivity contribution is 0.119. The van der Waals surface area contributed by atoms with Gasteiger partial charge in [-0.15, -0.1) is 11.3 Å². The van der Waals surface area contributed by atoms with Crippen LogP contribution in [0, 0.1) is 0 Å². The van der Waals surface area contributed by atoms with Crippen LogP contribution in [0.4, 0.5) is 5.69 Å². The van der Waals surface area contributed by atoms with Crippen molar-refractivity contribution in [1.82, 2.24) is 14.9 Å². The van der Waals surface area contributed by atoms with Gasteiger partial charge in [-0.1, -0.05) is 0 Å². The van der Waals surface area contributed by atoms with Crippen LogP contribution in [0.25, 0.3) is 0 Å². The number of nitrogens with zero attached hydrogens (tertiary/aromatic N) is 4. The second kappa shape index (κ2) is 7.17. The number of methoxy groups -OCH3 is 1. The molecule has 6 heteroatoms. The van der Waals surface area contributed by atoms with Crippen molar-refractivity contribution < 1.29 is 4.74 Å². The van der Waals surface area contributed by atoms with E-state index in [4.69, 9.17) is 4.74 Å². The maximum atomic E-state index is 5.33. The highest BCUT2D eigenvalue weighted by atomic mass is 32.1. The van der Waals surface area contributed by atoms with Crippen molar-refractivity contribution in [1.29, 1.82) is 0 Å². The molecule has 1 aliphatic heterocycles. The topological polar surface area (TPSA) is 41.5 Å². The molecular weight excluding hydrogens is 296 g/mol. The molecule has 0 saturated carbocycles. The molecular formula is C16H22N4OS. The summed E-state index contributed by atoms with van der Waals surface area (Å²) >= 11 is 1.69. The Morgan fingerprint density at radius 2 is 1.95 bits per heavy atom. The smallest absolute Gasteiger partial charge is 0.122 e. The van der Waals surface area contributed by atoms with E-state index in [1.165, 1.54) is 5.69 Å². The van der Waals surface area contributed by atoms with Gasteiger partial charge in [-0.25, -0.2) is 4.98 Å². The number of ether oxygens (including phenoxy) is 1. The third-order valence-electron chi connectivity index (χ3n) is 4.06. The van der Waals surface area contributed by atoms with E-state index in [9.17, 15) is 0 Å². The second-order valence-corrected chi connectivity index (χ2v) is 6.41. The summed E-state index contributed by atoms with van der Waals surface area (Å²) in [5, 5.41) is 3.22. The molecule has 0 aromatic carbocycles. The van der Waals surface area contributed by atoms with Crippen LogP contribution in [0.5, 0.6) is 0 Å². The van der Waals surface area contributed by atoms with E-state index in [1.54, 1.807) is 18.4 Å². The van der Waals surface area contributed by atoms with Crippen molar-refractivity contribution in [3.8, 4) is 0 Å². The molecule has 1 fully saturated rings. The summed E-state index contributed by atoms with van der Waals surface area (Å²) in [6.07, 6.45) is 3.80. The fraction of sp³-hybridized carbons (Fsp3) is 0.500. The Morgan fingerprint density at radius 3 is 2.64 bits per heavy atom. The molecule has 22 heavy (non-hydrogen) atoms. The third kappa shape index (κ3) is 3.63. The van der Waals surface area contributed by atoms with E-state index in [0.29, 0.717) is 0 Å². The zero-order valence-electron chi connectivity index (χ0n) is 13.1. The highest BCUT2D eigenvalue weighted by molar-refractivity contribution is 7.09. The van der Waals surface area contributed by atoms with Gasteiger partial charge >= 0.3 is 0 Å². The van der Waals surface area contributed by atoms with Crippen molar-refractivity contribution in [2.24, 2.45) is 0 Å². The Balaban J connectivity index is 1.53. The maximum absolute atomic E-state index is 5.33. The van der Waals surface area contributed by atoms with Crippen molar-refractivity contribution in [3.63, 3.8) is 0 Å². The lowest BCUT2D eigenvalue weighted by atomic mass is 10.2. The molecule has 0 aliphatic carbocycles. The quantitative estimate of drug-likeness (QED) is 0.847.